The van der Waals surface area contributed by atoms with Crippen LogP contribution in [0.4, 0.5) is 4.79 Å². The molecule has 1 aromatic heterocycles. The first kappa shape index (κ1) is 16.4. The summed E-state index contributed by atoms with van der Waals surface area (Å²) in [4.78, 5) is 14.3. The van der Waals surface area contributed by atoms with E-state index in [0.717, 1.165) is 24.4 Å². The van der Waals surface area contributed by atoms with Gasteiger partial charge in [0.2, 0.25) is 0 Å². The van der Waals surface area contributed by atoms with Crippen molar-refractivity contribution in [1.82, 2.24) is 20.1 Å². The van der Waals surface area contributed by atoms with Crippen LogP contribution in [0.1, 0.15) is 11.3 Å². The fourth-order valence-electron chi connectivity index (χ4n) is 2.94. The number of hydrogen-bond acceptors (Lipinski definition) is 3. The van der Waals surface area contributed by atoms with Gasteiger partial charge in [0.15, 0.2) is 0 Å². The van der Waals surface area contributed by atoms with Gasteiger partial charge in [0.25, 0.3) is 0 Å². The minimum Gasteiger partial charge on any atom is -0.497 e. The van der Waals surface area contributed by atoms with Crippen molar-refractivity contribution in [2.75, 3.05) is 20.7 Å². The number of amides is 2. The number of fused-ring (bicyclic) bond motifs is 1. The smallest absolute Gasteiger partial charge is 0.315 e. The molecule has 1 aliphatic rings. The van der Waals surface area contributed by atoms with Gasteiger partial charge in [-0.2, -0.15) is 0 Å². The van der Waals surface area contributed by atoms with Gasteiger partial charge in [-0.3, -0.25) is 4.90 Å². The molecule has 128 valence electrons. The van der Waals surface area contributed by atoms with Crippen molar-refractivity contribution in [2.45, 2.75) is 25.7 Å². The molecule has 6 heteroatoms. The number of ether oxygens (including phenoxy) is 1. The van der Waals surface area contributed by atoms with Crippen LogP contribution < -0.4 is 15.4 Å². The summed E-state index contributed by atoms with van der Waals surface area (Å²) in [7, 11) is 3.73. The van der Waals surface area contributed by atoms with Gasteiger partial charge in [-0.05, 0) is 36.9 Å². The molecule has 1 aromatic carbocycles. The molecule has 0 radical (unpaired) electrons. The summed E-state index contributed by atoms with van der Waals surface area (Å²) in [5, 5.41) is 5.86. The Hall–Kier alpha value is -2.47. The van der Waals surface area contributed by atoms with E-state index in [4.69, 9.17) is 4.74 Å². The van der Waals surface area contributed by atoms with Crippen LogP contribution in [0.15, 0.2) is 42.6 Å². The lowest BCUT2D eigenvalue weighted by Crippen LogP contribution is -2.49. The number of nitrogens with zero attached hydrogens (tertiary/aromatic N) is 2. The number of likely N-dealkylation sites (N-methyl/N-ethyl adjacent to an activating group) is 1. The summed E-state index contributed by atoms with van der Waals surface area (Å²) in [6.45, 7) is 2.94. The third-order valence-corrected chi connectivity index (χ3v) is 4.48. The Bertz CT molecular complexity index is 681. The van der Waals surface area contributed by atoms with Crippen molar-refractivity contribution in [2.24, 2.45) is 0 Å². The molecule has 2 amide bonds. The monoisotopic (exact) mass is 328 g/mol. The zero-order valence-corrected chi connectivity index (χ0v) is 14.2. The molecule has 0 aliphatic carbocycles. The van der Waals surface area contributed by atoms with Crippen LogP contribution in [-0.2, 0) is 19.6 Å². The maximum absolute atomic E-state index is 12.0. The normalized spacial score (nSPS) is 17.2. The first-order valence-corrected chi connectivity index (χ1v) is 8.14. The molecule has 1 atom stereocenters. The first-order chi connectivity index (χ1) is 11.7. The molecule has 0 saturated carbocycles. The maximum Gasteiger partial charge on any atom is 0.315 e. The Balaban J connectivity index is 1.44. The van der Waals surface area contributed by atoms with Crippen molar-refractivity contribution in [3.8, 4) is 5.75 Å². The van der Waals surface area contributed by atoms with Crippen LogP contribution in [0.3, 0.4) is 0 Å². The van der Waals surface area contributed by atoms with Crippen LogP contribution in [0.25, 0.3) is 0 Å². The van der Waals surface area contributed by atoms with Gasteiger partial charge < -0.3 is 19.9 Å². The number of aromatic nitrogens is 1. The number of nitrogens with one attached hydrogen (secondary N) is 2. The van der Waals surface area contributed by atoms with Gasteiger partial charge in [0.05, 0.1) is 7.11 Å². The third-order valence-electron chi connectivity index (χ3n) is 4.48. The molecular weight excluding hydrogens is 304 g/mol. The second kappa shape index (κ2) is 7.40. The van der Waals surface area contributed by atoms with Gasteiger partial charge in [-0.15, -0.1) is 0 Å². The van der Waals surface area contributed by atoms with E-state index in [0.29, 0.717) is 19.1 Å². The standard InChI is InChI=1S/C18H24N4O2/c1-21-12-15-4-3-9-22(15)13-16(21)11-20-18(23)19-10-14-5-7-17(24-2)8-6-14/h3-9,16H,10-13H2,1-2H3,(H2,19,20,23). The van der Waals surface area contributed by atoms with E-state index in [1.807, 2.05) is 24.3 Å². The van der Waals surface area contributed by atoms with Gasteiger partial charge >= 0.3 is 6.03 Å². The Morgan fingerprint density at radius 1 is 1.25 bits per heavy atom. The van der Waals surface area contributed by atoms with E-state index >= 15 is 0 Å². The summed E-state index contributed by atoms with van der Waals surface area (Å²) in [5.74, 6) is 0.813. The molecular formula is C18H24N4O2. The molecule has 3 rings (SSSR count). The quantitative estimate of drug-likeness (QED) is 0.880. The number of urea groups is 1. The molecule has 2 N–H and O–H groups in total. The van der Waals surface area contributed by atoms with Crippen molar-refractivity contribution < 1.29 is 9.53 Å². The molecule has 0 saturated heterocycles. The topological polar surface area (TPSA) is 58.5 Å². The van der Waals surface area contributed by atoms with E-state index in [1.165, 1.54) is 5.69 Å². The second-order valence-corrected chi connectivity index (χ2v) is 6.13. The van der Waals surface area contributed by atoms with Gasteiger partial charge in [0.1, 0.15) is 5.75 Å². The minimum atomic E-state index is -0.141. The number of hydrogen-bond donors (Lipinski definition) is 2. The number of methoxy groups -OCH3 is 1. The molecule has 0 spiro atoms. The maximum atomic E-state index is 12.0. The summed E-state index contributed by atoms with van der Waals surface area (Å²) < 4.78 is 7.37. The Labute approximate surface area is 142 Å². The van der Waals surface area contributed by atoms with Crippen LogP contribution in [0.2, 0.25) is 0 Å². The molecule has 2 heterocycles. The van der Waals surface area contributed by atoms with E-state index in [9.17, 15) is 4.79 Å². The molecule has 1 unspecified atom stereocenters. The van der Waals surface area contributed by atoms with Crippen molar-refractivity contribution >= 4 is 6.03 Å². The van der Waals surface area contributed by atoms with E-state index < -0.39 is 0 Å². The van der Waals surface area contributed by atoms with E-state index in [-0.39, 0.29) is 6.03 Å². The first-order valence-electron chi connectivity index (χ1n) is 8.14. The van der Waals surface area contributed by atoms with E-state index in [2.05, 4.69) is 45.5 Å². The highest BCUT2D eigenvalue weighted by atomic mass is 16.5. The van der Waals surface area contributed by atoms with Gasteiger partial charge in [-0.25, -0.2) is 4.79 Å². The average Bonchev–Trinajstić information content (AvgIpc) is 3.05. The lowest BCUT2D eigenvalue weighted by molar-refractivity contribution is 0.172. The summed E-state index contributed by atoms with van der Waals surface area (Å²) in [5.41, 5.74) is 2.36. The lowest BCUT2D eigenvalue weighted by atomic mass is 10.2. The lowest BCUT2D eigenvalue weighted by Gasteiger charge is -2.34. The van der Waals surface area contributed by atoms with Crippen LogP contribution in [0.5, 0.6) is 5.75 Å². The number of carbonyl (C=O) groups is 1. The zero-order chi connectivity index (χ0) is 16.9. The van der Waals surface area contributed by atoms with Crippen molar-refractivity contribution in [1.29, 1.82) is 0 Å². The number of carbonyl (C=O) groups excluding carboxylic acids is 1. The van der Waals surface area contributed by atoms with Crippen LogP contribution >= 0.6 is 0 Å². The van der Waals surface area contributed by atoms with Gasteiger partial charge in [-0.1, -0.05) is 12.1 Å². The van der Waals surface area contributed by atoms with Crippen LogP contribution in [-0.4, -0.2) is 42.2 Å². The SMILES string of the molecule is COc1ccc(CNC(=O)NCC2Cn3cccc3CN2C)cc1. The molecule has 1 aliphatic heterocycles. The van der Waals surface area contributed by atoms with Crippen LogP contribution in [0, 0.1) is 0 Å². The Kier molecular flexibility index (Phi) is 5.05. The average molecular weight is 328 g/mol. The largest absolute Gasteiger partial charge is 0.497 e. The highest BCUT2D eigenvalue weighted by Crippen LogP contribution is 2.16. The number of rotatable bonds is 5. The highest BCUT2D eigenvalue weighted by Gasteiger charge is 2.22. The Morgan fingerprint density at radius 3 is 2.79 bits per heavy atom. The summed E-state index contributed by atoms with van der Waals surface area (Å²) >= 11 is 0. The van der Waals surface area contributed by atoms with Crippen molar-refractivity contribution in [3.63, 3.8) is 0 Å². The predicted molar refractivity (Wildman–Crippen MR) is 92.9 cm³/mol. The fraction of sp³-hybridized carbons (Fsp3) is 0.389. The molecule has 24 heavy (non-hydrogen) atoms. The highest BCUT2D eigenvalue weighted by molar-refractivity contribution is 5.73. The molecule has 0 bridgehead atoms. The zero-order valence-electron chi connectivity index (χ0n) is 14.2. The summed E-state index contributed by atoms with van der Waals surface area (Å²) in [6.07, 6.45) is 2.10. The molecule has 6 nitrogen and oxygen atoms in total. The molecule has 0 fully saturated rings. The molecule has 2 aromatic rings. The van der Waals surface area contributed by atoms with Gasteiger partial charge in [0, 0.05) is 44.1 Å². The second-order valence-electron chi connectivity index (χ2n) is 6.13. The fourth-order valence-corrected chi connectivity index (χ4v) is 2.94. The predicted octanol–water partition coefficient (Wildman–Crippen LogP) is 1.81. The van der Waals surface area contributed by atoms with Crippen molar-refractivity contribution in [3.05, 3.63) is 53.9 Å². The third kappa shape index (κ3) is 3.89. The summed E-state index contributed by atoms with van der Waals surface area (Å²) in [6, 6.07) is 12.0. The minimum absolute atomic E-state index is 0.141. The number of benzene rings is 1. The Morgan fingerprint density at radius 2 is 2.04 bits per heavy atom. The van der Waals surface area contributed by atoms with E-state index in [1.54, 1.807) is 7.11 Å².